The van der Waals surface area contributed by atoms with E-state index in [1.807, 2.05) is 31.2 Å². The lowest BCUT2D eigenvalue weighted by molar-refractivity contribution is -0.116. The maximum absolute atomic E-state index is 12.9. The lowest BCUT2D eigenvalue weighted by atomic mass is 9.77. The van der Waals surface area contributed by atoms with Gasteiger partial charge in [0.1, 0.15) is 0 Å². The summed E-state index contributed by atoms with van der Waals surface area (Å²) in [6.07, 6.45) is 1.85. The van der Waals surface area contributed by atoms with Crippen LogP contribution in [-0.2, 0) is 9.59 Å². The molecule has 4 rings (SSSR count). The summed E-state index contributed by atoms with van der Waals surface area (Å²) in [6.45, 7) is 1.98. The fourth-order valence-corrected chi connectivity index (χ4v) is 5.34. The van der Waals surface area contributed by atoms with Crippen LogP contribution in [0.3, 0.4) is 0 Å². The number of dihydropyridines is 1. The smallest absolute Gasteiger partial charge is 0.234 e. The minimum atomic E-state index is -0.618. The quantitative estimate of drug-likeness (QED) is 0.521. The van der Waals surface area contributed by atoms with Crippen LogP contribution in [0.25, 0.3) is 0 Å². The molecule has 0 unspecified atom stereocenters. The van der Waals surface area contributed by atoms with Gasteiger partial charge in [-0.3, -0.25) is 9.59 Å². The number of carbonyl (C=O) groups is 2. The second kappa shape index (κ2) is 10.0. The highest BCUT2D eigenvalue weighted by Gasteiger charge is 2.38. The van der Waals surface area contributed by atoms with E-state index in [9.17, 15) is 14.9 Å². The van der Waals surface area contributed by atoms with E-state index < -0.39 is 5.92 Å². The number of Topliss-reactive ketones (excluding diaryl/α,β-unsaturated/α-hetero) is 1. The number of nitrogens with one attached hydrogen (secondary N) is 2. The van der Waals surface area contributed by atoms with Crippen LogP contribution in [0.1, 0.15) is 36.3 Å². The van der Waals surface area contributed by atoms with Crippen molar-refractivity contribution in [2.45, 2.75) is 32.1 Å². The Morgan fingerprint density at radius 3 is 2.70 bits per heavy atom. The molecule has 0 saturated carbocycles. The van der Waals surface area contributed by atoms with Crippen LogP contribution < -0.4 is 10.6 Å². The Morgan fingerprint density at radius 2 is 1.97 bits per heavy atom. The van der Waals surface area contributed by atoms with E-state index in [4.69, 9.17) is 23.2 Å². The van der Waals surface area contributed by atoms with E-state index in [-0.39, 0.29) is 17.4 Å². The first kappa shape index (κ1) is 23.4. The normalized spacial score (nSPS) is 17.9. The van der Waals surface area contributed by atoms with Gasteiger partial charge in [0.2, 0.25) is 5.91 Å². The molecule has 1 atom stereocenters. The second-order valence-corrected chi connectivity index (χ2v) is 9.70. The highest BCUT2D eigenvalue weighted by atomic mass is 35.5. The van der Waals surface area contributed by atoms with Crippen molar-refractivity contribution in [2.24, 2.45) is 0 Å². The summed E-state index contributed by atoms with van der Waals surface area (Å²) in [5.41, 5.74) is 4.15. The van der Waals surface area contributed by atoms with Crippen molar-refractivity contribution in [3.05, 3.63) is 85.5 Å². The first-order valence-corrected chi connectivity index (χ1v) is 12.2. The highest BCUT2D eigenvalue weighted by molar-refractivity contribution is 8.03. The minimum absolute atomic E-state index is 0.00120. The molecule has 1 heterocycles. The molecule has 2 aromatic carbocycles. The summed E-state index contributed by atoms with van der Waals surface area (Å²) in [5.74, 6) is -0.701. The van der Waals surface area contributed by atoms with Crippen molar-refractivity contribution >= 4 is 52.3 Å². The van der Waals surface area contributed by atoms with E-state index in [0.29, 0.717) is 50.3 Å². The molecule has 168 valence electrons. The summed E-state index contributed by atoms with van der Waals surface area (Å²) >= 11 is 14.0. The maximum atomic E-state index is 12.9. The monoisotopic (exact) mass is 497 g/mol. The molecule has 33 heavy (non-hydrogen) atoms. The van der Waals surface area contributed by atoms with E-state index in [1.54, 1.807) is 18.2 Å². The number of nitriles is 1. The van der Waals surface area contributed by atoms with Gasteiger partial charge >= 0.3 is 0 Å². The van der Waals surface area contributed by atoms with Crippen molar-refractivity contribution in [3.63, 3.8) is 0 Å². The number of allylic oxidation sites excluding steroid dienone is 3. The predicted molar refractivity (Wildman–Crippen MR) is 133 cm³/mol. The van der Waals surface area contributed by atoms with Crippen molar-refractivity contribution in [3.8, 4) is 6.07 Å². The van der Waals surface area contributed by atoms with Gasteiger partial charge in [-0.2, -0.15) is 5.26 Å². The van der Waals surface area contributed by atoms with Gasteiger partial charge in [0.25, 0.3) is 0 Å². The number of amides is 1. The zero-order valence-electron chi connectivity index (χ0n) is 17.9. The molecule has 0 radical (unpaired) electrons. The highest BCUT2D eigenvalue weighted by Crippen LogP contribution is 2.46. The lowest BCUT2D eigenvalue weighted by Crippen LogP contribution is -2.32. The van der Waals surface area contributed by atoms with Gasteiger partial charge in [-0.25, -0.2) is 0 Å². The fraction of sp³-hybridized carbons (Fsp3) is 0.240. The second-order valence-electron chi connectivity index (χ2n) is 7.93. The minimum Gasteiger partial charge on any atom is -0.352 e. The molecule has 1 aliphatic heterocycles. The molecule has 1 amide bonds. The number of ketones is 1. The number of halogens is 2. The molecule has 0 aromatic heterocycles. The van der Waals surface area contributed by atoms with Crippen LogP contribution in [0, 0.1) is 18.3 Å². The van der Waals surface area contributed by atoms with Crippen LogP contribution in [0.2, 0.25) is 10.0 Å². The van der Waals surface area contributed by atoms with Crippen LogP contribution in [-0.4, -0.2) is 17.4 Å². The predicted octanol–water partition coefficient (Wildman–Crippen LogP) is 6.10. The standard InChI is InChI=1S/C25H21Cl2N3O2S/c1-14-8-10-15(11-9-14)29-21(32)13-33-25-17(12-28)22(16-4-2-5-18(26)24(16)27)23-19(30-25)6-3-7-20(23)31/h2,4-5,8-11,22,30H,3,6-7,13H2,1H3,(H,29,32)/t22-/m1/s1. The third-order valence-electron chi connectivity index (χ3n) is 5.64. The average Bonchev–Trinajstić information content (AvgIpc) is 2.80. The zero-order chi connectivity index (χ0) is 23.5. The summed E-state index contributed by atoms with van der Waals surface area (Å²) in [5, 5.41) is 17.5. The van der Waals surface area contributed by atoms with Gasteiger partial charge in [0.15, 0.2) is 5.78 Å². The Hall–Kier alpha value is -2.72. The number of carbonyl (C=O) groups excluding carboxylic acids is 2. The van der Waals surface area contributed by atoms with E-state index >= 15 is 0 Å². The number of rotatable bonds is 5. The molecule has 0 fully saturated rings. The number of hydrogen-bond acceptors (Lipinski definition) is 5. The molecule has 2 aliphatic rings. The molecule has 2 N–H and O–H groups in total. The molecule has 8 heteroatoms. The van der Waals surface area contributed by atoms with Gasteiger partial charge in [0, 0.05) is 23.4 Å². The van der Waals surface area contributed by atoms with Crippen molar-refractivity contribution in [2.75, 3.05) is 11.1 Å². The molecule has 2 aromatic rings. The third-order valence-corrected chi connectivity index (χ3v) is 7.49. The Balaban J connectivity index is 1.65. The van der Waals surface area contributed by atoms with Crippen LogP contribution >= 0.6 is 35.0 Å². The zero-order valence-corrected chi connectivity index (χ0v) is 20.2. The largest absolute Gasteiger partial charge is 0.352 e. The number of aryl methyl sites for hydroxylation is 1. The number of nitrogens with zero attached hydrogens (tertiary/aromatic N) is 1. The van der Waals surface area contributed by atoms with Crippen molar-refractivity contribution < 1.29 is 9.59 Å². The summed E-state index contributed by atoms with van der Waals surface area (Å²) in [7, 11) is 0. The SMILES string of the molecule is Cc1ccc(NC(=O)CSC2=C(C#N)[C@@H](c3cccc(Cl)c3Cl)C3=C(CCCC3=O)N2)cc1. The molecule has 0 bridgehead atoms. The first-order chi connectivity index (χ1) is 15.9. The van der Waals surface area contributed by atoms with E-state index in [2.05, 4.69) is 16.7 Å². The topological polar surface area (TPSA) is 82.0 Å². The number of benzene rings is 2. The molecule has 0 spiro atoms. The maximum Gasteiger partial charge on any atom is 0.234 e. The molecular weight excluding hydrogens is 477 g/mol. The van der Waals surface area contributed by atoms with Crippen LogP contribution in [0.5, 0.6) is 0 Å². The van der Waals surface area contributed by atoms with E-state index in [1.165, 1.54) is 11.8 Å². The van der Waals surface area contributed by atoms with Crippen LogP contribution in [0.15, 0.2) is 64.3 Å². The van der Waals surface area contributed by atoms with E-state index in [0.717, 1.165) is 17.7 Å². The molecule has 0 saturated heterocycles. The molecular formula is C25H21Cl2N3O2S. The third kappa shape index (κ3) is 4.96. The van der Waals surface area contributed by atoms with Gasteiger partial charge < -0.3 is 10.6 Å². The summed E-state index contributed by atoms with van der Waals surface area (Å²) < 4.78 is 0. The number of hydrogen-bond donors (Lipinski definition) is 2. The van der Waals surface area contributed by atoms with Gasteiger partial charge in [-0.1, -0.05) is 64.8 Å². The number of thioether (sulfide) groups is 1. The summed E-state index contributed by atoms with van der Waals surface area (Å²) in [4.78, 5) is 25.4. The molecule has 1 aliphatic carbocycles. The summed E-state index contributed by atoms with van der Waals surface area (Å²) in [6, 6.07) is 15.0. The Labute approximate surface area is 206 Å². The van der Waals surface area contributed by atoms with Gasteiger partial charge in [-0.05, 0) is 43.5 Å². The van der Waals surface area contributed by atoms with Crippen molar-refractivity contribution in [1.29, 1.82) is 5.26 Å². The lowest BCUT2D eigenvalue weighted by Gasteiger charge is -2.33. The molecule has 5 nitrogen and oxygen atoms in total. The van der Waals surface area contributed by atoms with Gasteiger partial charge in [-0.15, -0.1) is 0 Å². The Kier molecular flexibility index (Phi) is 7.14. The number of anilines is 1. The Morgan fingerprint density at radius 1 is 1.21 bits per heavy atom. The van der Waals surface area contributed by atoms with Gasteiger partial charge in [0.05, 0.1) is 38.4 Å². The van der Waals surface area contributed by atoms with Crippen LogP contribution in [0.4, 0.5) is 5.69 Å². The van der Waals surface area contributed by atoms with Crippen molar-refractivity contribution in [1.82, 2.24) is 5.32 Å². The average molecular weight is 498 g/mol. The first-order valence-electron chi connectivity index (χ1n) is 10.5. The Bertz CT molecular complexity index is 1230. The fourth-order valence-electron chi connectivity index (χ4n) is 4.06.